The van der Waals surface area contributed by atoms with Crippen LogP contribution in [0.5, 0.6) is 11.5 Å². The number of halogens is 1. The summed E-state index contributed by atoms with van der Waals surface area (Å²) < 4.78 is 0.750. The van der Waals surface area contributed by atoms with E-state index >= 15 is 0 Å². The molecule has 0 atom stereocenters. The summed E-state index contributed by atoms with van der Waals surface area (Å²) in [6, 6.07) is 9.30. The van der Waals surface area contributed by atoms with Gasteiger partial charge >= 0.3 is 0 Å². The average molecular weight is 322 g/mol. The van der Waals surface area contributed by atoms with Crippen molar-refractivity contribution in [3.8, 4) is 11.5 Å². The molecule has 0 saturated carbocycles. The number of hydrogen-bond acceptors (Lipinski definition) is 3. The van der Waals surface area contributed by atoms with E-state index in [1.54, 1.807) is 6.07 Å². The first kappa shape index (κ1) is 13.4. The summed E-state index contributed by atoms with van der Waals surface area (Å²) in [4.78, 5) is 12.0. The van der Waals surface area contributed by atoms with Crippen LogP contribution in [0, 0.1) is 6.92 Å². The van der Waals surface area contributed by atoms with E-state index in [1.165, 1.54) is 18.2 Å². The maximum atomic E-state index is 12.0. The normalized spacial score (nSPS) is 10.2. The van der Waals surface area contributed by atoms with Crippen molar-refractivity contribution in [2.75, 3.05) is 5.32 Å². The quantitative estimate of drug-likeness (QED) is 0.742. The van der Waals surface area contributed by atoms with Crippen molar-refractivity contribution in [2.45, 2.75) is 6.92 Å². The molecule has 0 aliphatic heterocycles. The number of hydrogen-bond donors (Lipinski definition) is 3. The number of aryl methyl sites for hydroxylation is 1. The maximum Gasteiger partial charge on any atom is 0.259 e. The molecule has 0 aliphatic rings. The Balaban J connectivity index is 2.28. The molecule has 0 bridgehead atoms. The van der Waals surface area contributed by atoms with Crippen LogP contribution >= 0.6 is 15.9 Å². The minimum atomic E-state index is -0.488. The number of rotatable bonds is 2. The second-order valence-electron chi connectivity index (χ2n) is 4.14. The van der Waals surface area contributed by atoms with Crippen LogP contribution in [0.3, 0.4) is 0 Å². The minimum absolute atomic E-state index is 0.0208. The third-order valence-corrected chi connectivity index (χ3v) is 3.25. The third kappa shape index (κ3) is 3.06. The van der Waals surface area contributed by atoms with Gasteiger partial charge in [0.15, 0.2) is 0 Å². The molecule has 0 fully saturated rings. The standard InChI is InChI=1S/C14H12BrNO3/c1-8-2-4-12(11(15)6-8)16-14(19)10-7-9(17)3-5-13(10)18/h2-7,17-18H,1H3,(H,16,19). The lowest BCUT2D eigenvalue weighted by molar-refractivity contribution is 0.102. The molecule has 4 nitrogen and oxygen atoms in total. The average Bonchev–Trinajstić information content (AvgIpc) is 2.35. The Morgan fingerprint density at radius 1 is 1.16 bits per heavy atom. The molecule has 0 radical (unpaired) electrons. The summed E-state index contributed by atoms with van der Waals surface area (Å²) in [6.45, 7) is 1.94. The van der Waals surface area contributed by atoms with Gasteiger partial charge in [-0.1, -0.05) is 6.07 Å². The molecule has 2 aromatic rings. The lowest BCUT2D eigenvalue weighted by Gasteiger charge is -2.09. The zero-order valence-corrected chi connectivity index (χ0v) is 11.7. The fourth-order valence-electron chi connectivity index (χ4n) is 1.62. The molecule has 0 unspecified atom stereocenters. The molecule has 0 aliphatic carbocycles. The number of phenols is 2. The van der Waals surface area contributed by atoms with Gasteiger partial charge in [0, 0.05) is 4.47 Å². The van der Waals surface area contributed by atoms with Crippen molar-refractivity contribution >= 4 is 27.5 Å². The van der Waals surface area contributed by atoms with Gasteiger partial charge < -0.3 is 15.5 Å². The van der Waals surface area contributed by atoms with Crippen molar-refractivity contribution < 1.29 is 15.0 Å². The molecule has 5 heteroatoms. The fourth-order valence-corrected chi connectivity index (χ4v) is 2.21. The number of phenolic OH excluding ortho intramolecular Hbond substituents is 2. The minimum Gasteiger partial charge on any atom is -0.508 e. The van der Waals surface area contributed by atoms with Crippen LogP contribution in [0.4, 0.5) is 5.69 Å². The highest BCUT2D eigenvalue weighted by Gasteiger charge is 2.13. The van der Waals surface area contributed by atoms with Crippen molar-refractivity contribution in [1.82, 2.24) is 0 Å². The van der Waals surface area contributed by atoms with Gasteiger partial charge in [-0.3, -0.25) is 4.79 Å². The smallest absolute Gasteiger partial charge is 0.259 e. The number of aromatic hydroxyl groups is 2. The van der Waals surface area contributed by atoms with Gasteiger partial charge in [0.2, 0.25) is 0 Å². The highest BCUT2D eigenvalue weighted by Crippen LogP contribution is 2.26. The SMILES string of the molecule is Cc1ccc(NC(=O)c2cc(O)ccc2O)c(Br)c1. The van der Waals surface area contributed by atoms with E-state index in [9.17, 15) is 15.0 Å². The van der Waals surface area contributed by atoms with Crippen LogP contribution in [0.1, 0.15) is 15.9 Å². The number of anilines is 1. The molecular formula is C14H12BrNO3. The number of carbonyl (C=O) groups excluding carboxylic acids is 1. The highest BCUT2D eigenvalue weighted by molar-refractivity contribution is 9.10. The van der Waals surface area contributed by atoms with Crippen LogP contribution in [0.25, 0.3) is 0 Å². The van der Waals surface area contributed by atoms with Gasteiger partial charge in [-0.15, -0.1) is 0 Å². The van der Waals surface area contributed by atoms with Gasteiger partial charge in [-0.25, -0.2) is 0 Å². The van der Waals surface area contributed by atoms with E-state index in [0.29, 0.717) is 5.69 Å². The molecular weight excluding hydrogens is 310 g/mol. The van der Waals surface area contributed by atoms with Crippen molar-refractivity contribution in [3.05, 3.63) is 52.0 Å². The Bertz CT molecular complexity index is 641. The van der Waals surface area contributed by atoms with Gasteiger partial charge in [0.05, 0.1) is 11.3 Å². The predicted octanol–water partition coefficient (Wildman–Crippen LogP) is 3.42. The molecule has 98 valence electrons. The van der Waals surface area contributed by atoms with E-state index in [2.05, 4.69) is 21.2 Å². The lowest BCUT2D eigenvalue weighted by Crippen LogP contribution is -2.12. The summed E-state index contributed by atoms with van der Waals surface area (Å²) in [5, 5.41) is 21.6. The molecule has 0 saturated heterocycles. The summed E-state index contributed by atoms with van der Waals surface area (Å²) in [5.74, 6) is -0.748. The highest BCUT2D eigenvalue weighted by atomic mass is 79.9. The molecule has 0 heterocycles. The van der Waals surface area contributed by atoms with Crippen molar-refractivity contribution in [2.24, 2.45) is 0 Å². The molecule has 3 N–H and O–H groups in total. The second-order valence-corrected chi connectivity index (χ2v) is 4.99. The molecule has 0 spiro atoms. The Hall–Kier alpha value is -2.01. The third-order valence-electron chi connectivity index (χ3n) is 2.60. The van der Waals surface area contributed by atoms with Gasteiger partial charge in [-0.05, 0) is 58.7 Å². The summed E-state index contributed by atoms with van der Waals surface area (Å²) in [5.41, 5.74) is 1.68. The van der Waals surface area contributed by atoms with Gasteiger partial charge in [-0.2, -0.15) is 0 Å². The largest absolute Gasteiger partial charge is 0.508 e. The molecule has 1 amide bonds. The van der Waals surface area contributed by atoms with Crippen LogP contribution < -0.4 is 5.32 Å². The first-order chi connectivity index (χ1) is 8.97. The Kier molecular flexibility index (Phi) is 3.76. The Morgan fingerprint density at radius 2 is 1.89 bits per heavy atom. The molecule has 2 aromatic carbocycles. The number of amides is 1. The van der Waals surface area contributed by atoms with Crippen LogP contribution in [0.2, 0.25) is 0 Å². The zero-order chi connectivity index (χ0) is 14.0. The molecule has 2 rings (SSSR count). The van der Waals surface area contributed by atoms with Crippen LogP contribution in [-0.4, -0.2) is 16.1 Å². The number of carbonyl (C=O) groups is 1. The topological polar surface area (TPSA) is 69.6 Å². The van der Waals surface area contributed by atoms with Gasteiger partial charge in [0.1, 0.15) is 11.5 Å². The predicted molar refractivity (Wildman–Crippen MR) is 76.6 cm³/mol. The molecule has 19 heavy (non-hydrogen) atoms. The summed E-state index contributed by atoms with van der Waals surface area (Å²) in [6.07, 6.45) is 0. The fraction of sp³-hybridized carbons (Fsp3) is 0.0714. The van der Waals surface area contributed by atoms with Crippen LogP contribution in [-0.2, 0) is 0 Å². The summed E-state index contributed by atoms with van der Waals surface area (Å²) >= 11 is 3.35. The maximum absolute atomic E-state index is 12.0. The van der Waals surface area contributed by atoms with Crippen molar-refractivity contribution in [1.29, 1.82) is 0 Å². The van der Waals surface area contributed by atoms with E-state index in [1.807, 2.05) is 19.1 Å². The Labute approximate surface area is 118 Å². The monoisotopic (exact) mass is 321 g/mol. The van der Waals surface area contributed by atoms with E-state index in [4.69, 9.17) is 0 Å². The second kappa shape index (κ2) is 5.32. The van der Waals surface area contributed by atoms with Crippen molar-refractivity contribution in [3.63, 3.8) is 0 Å². The number of nitrogens with one attached hydrogen (secondary N) is 1. The van der Waals surface area contributed by atoms with E-state index in [0.717, 1.165) is 10.0 Å². The van der Waals surface area contributed by atoms with E-state index < -0.39 is 5.91 Å². The summed E-state index contributed by atoms with van der Waals surface area (Å²) in [7, 11) is 0. The van der Waals surface area contributed by atoms with Crippen LogP contribution in [0.15, 0.2) is 40.9 Å². The van der Waals surface area contributed by atoms with Gasteiger partial charge in [0.25, 0.3) is 5.91 Å². The zero-order valence-electron chi connectivity index (χ0n) is 10.1. The Morgan fingerprint density at radius 3 is 2.58 bits per heavy atom. The number of benzene rings is 2. The van der Waals surface area contributed by atoms with E-state index in [-0.39, 0.29) is 17.1 Å². The lowest BCUT2D eigenvalue weighted by atomic mass is 10.1. The molecule has 0 aromatic heterocycles. The first-order valence-electron chi connectivity index (χ1n) is 5.57. The first-order valence-corrected chi connectivity index (χ1v) is 6.36.